The highest BCUT2D eigenvalue weighted by molar-refractivity contribution is 5.83. The average Bonchev–Trinajstić information content (AvgIpc) is 2.56. The van der Waals surface area contributed by atoms with Crippen molar-refractivity contribution in [3.8, 4) is 0 Å². The Kier molecular flexibility index (Phi) is 2.75. The molecule has 0 saturated carbocycles. The maximum atomic E-state index is 4.61. The third-order valence-electron chi connectivity index (χ3n) is 3.12. The number of fused-ring (bicyclic) bond motifs is 1. The van der Waals surface area contributed by atoms with Gasteiger partial charge < -0.3 is 0 Å². The van der Waals surface area contributed by atoms with Gasteiger partial charge in [-0.2, -0.15) is 5.10 Å². The van der Waals surface area contributed by atoms with Crippen molar-refractivity contribution in [1.82, 2.24) is 9.78 Å². The normalized spacial score (nSPS) is 11.9. The summed E-state index contributed by atoms with van der Waals surface area (Å²) < 4.78 is 1.98. The molecule has 0 amide bonds. The zero-order chi connectivity index (χ0) is 11.9. The Balaban J connectivity index is 2.69. The first-order chi connectivity index (χ1) is 7.50. The highest BCUT2D eigenvalue weighted by Crippen LogP contribution is 2.27. The van der Waals surface area contributed by atoms with E-state index in [2.05, 4.69) is 51.0 Å². The molecule has 0 aliphatic heterocycles. The van der Waals surface area contributed by atoms with Gasteiger partial charge >= 0.3 is 0 Å². The molecule has 0 atom stereocenters. The number of benzene rings is 1. The Bertz CT molecular complexity index is 507. The monoisotopic (exact) mass is 216 g/mol. The number of rotatable bonds is 2. The lowest BCUT2D eigenvalue weighted by Crippen LogP contribution is -1.92. The predicted octanol–water partition coefficient (Wildman–Crippen LogP) is 3.82. The summed E-state index contributed by atoms with van der Waals surface area (Å²) in [5, 5.41) is 5.92. The Morgan fingerprint density at radius 2 is 1.75 bits per heavy atom. The molecule has 2 aromatic rings. The Hall–Kier alpha value is -1.31. The fourth-order valence-corrected chi connectivity index (χ4v) is 2.10. The van der Waals surface area contributed by atoms with Crippen molar-refractivity contribution >= 4 is 10.9 Å². The lowest BCUT2D eigenvalue weighted by Gasteiger charge is -2.06. The SMILES string of the molecule is CC(C)c1ccc2c(c1)c(C(C)C)nn2C. The van der Waals surface area contributed by atoms with Crippen LogP contribution in [-0.4, -0.2) is 9.78 Å². The summed E-state index contributed by atoms with van der Waals surface area (Å²) in [5.74, 6) is 1.05. The van der Waals surface area contributed by atoms with E-state index in [0.29, 0.717) is 11.8 Å². The van der Waals surface area contributed by atoms with Crippen molar-refractivity contribution in [3.63, 3.8) is 0 Å². The third-order valence-corrected chi connectivity index (χ3v) is 3.12. The van der Waals surface area contributed by atoms with Crippen LogP contribution < -0.4 is 0 Å². The molecule has 1 heterocycles. The predicted molar refractivity (Wildman–Crippen MR) is 68.9 cm³/mol. The summed E-state index contributed by atoms with van der Waals surface area (Å²) in [6.45, 7) is 8.85. The van der Waals surface area contributed by atoms with Gasteiger partial charge in [-0.15, -0.1) is 0 Å². The first kappa shape index (κ1) is 11.2. The molecule has 0 unspecified atom stereocenters. The van der Waals surface area contributed by atoms with Crippen LogP contribution in [-0.2, 0) is 7.05 Å². The van der Waals surface area contributed by atoms with Crippen molar-refractivity contribution in [2.24, 2.45) is 7.05 Å². The topological polar surface area (TPSA) is 17.8 Å². The molecule has 0 N–H and O–H groups in total. The van der Waals surface area contributed by atoms with E-state index >= 15 is 0 Å². The van der Waals surface area contributed by atoms with Crippen LogP contribution in [0.4, 0.5) is 0 Å². The van der Waals surface area contributed by atoms with Crippen molar-refractivity contribution in [2.45, 2.75) is 39.5 Å². The van der Waals surface area contributed by atoms with Gasteiger partial charge in [-0.1, -0.05) is 33.8 Å². The molecule has 0 fully saturated rings. The number of aromatic nitrogens is 2. The van der Waals surface area contributed by atoms with Crippen LogP contribution in [0, 0.1) is 0 Å². The molecule has 0 aliphatic rings. The molecule has 1 aromatic carbocycles. The second-order valence-corrected chi connectivity index (χ2v) is 5.09. The molecule has 0 bridgehead atoms. The highest BCUT2D eigenvalue weighted by Gasteiger charge is 2.12. The number of hydrogen-bond donors (Lipinski definition) is 0. The molecular formula is C14H20N2. The van der Waals surface area contributed by atoms with Crippen LogP contribution in [0.3, 0.4) is 0 Å². The van der Waals surface area contributed by atoms with Gasteiger partial charge in [-0.25, -0.2) is 0 Å². The van der Waals surface area contributed by atoms with Gasteiger partial charge in [0.15, 0.2) is 0 Å². The molecule has 0 aliphatic carbocycles. The minimum absolute atomic E-state index is 0.478. The van der Waals surface area contributed by atoms with Gasteiger partial charge in [-0.05, 0) is 29.5 Å². The van der Waals surface area contributed by atoms with E-state index in [9.17, 15) is 0 Å². The number of hydrogen-bond acceptors (Lipinski definition) is 1. The van der Waals surface area contributed by atoms with E-state index in [0.717, 1.165) is 0 Å². The van der Waals surface area contributed by atoms with Crippen LogP contribution in [0.25, 0.3) is 10.9 Å². The Labute approximate surface area is 97.3 Å². The van der Waals surface area contributed by atoms with E-state index < -0.39 is 0 Å². The van der Waals surface area contributed by atoms with Crippen LogP contribution in [0.2, 0.25) is 0 Å². The molecule has 0 spiro atoms. The van der Waals surface area contributed by atoms with E-state index in [4.69, 9.17) is 0 Å². The maximum absolute atomic E-state index is 4.61. The second kappa shape index (κ2) is 3.93. The van der Waals surface area contributed by atoms with E-state index in [1.54, 1.807) is 0 Å². The van der Waals surface area contributed by atoms with E-state index in [-0.39, 0.29) is 0 Å². The summed E-state index contributed by atoms with van der Waals surface area (Å²) in [4.78, 5) is 0. The molecule has 1 aromatic heterocycles. The summed E-state index contributed by atoms with van der Waals surface area (Å²) >= 11 is 0. The number of nitrogens with zero attached hydrogens (tertiary/aromatic N) is 2. The van der Waals surface area contributed by atoms with Gasteiger partial charge in [0.1, 0.15) is 0 Å². The highest BCUT2D eigenvalue weighted by atomic mass is 15.3. The minimum Gasteiger partial charge on any atom is -0.268 e. The van der Waals surface area contributed by atoms with Crippen LogP contribution in [0.5, 0.6) is 0 Å². The van der Waals surface area contributed by atoms with Crippen LogP contribution in [0.1, 0.15) is 50.8 Å². The lowest BCUT2D eigenvalue weighted by molar-refractivity contribution is 0.729. The molecule has 2 nitrogen and oxygen atoms in total. The van der Waals surface area contributed by atoms with Crippen molar-refractivity contribution in [3.05, 3.63) is 29.5 Å². The largest absolute Gasteiger partial charge is 0.268 e. The van der Waals surface area contributed by atoms with Crippen molar-refractivity contribution in [1.29, 1.82) is 0 Å². The summed E-state index contributed by atoms with van der Waals surface area (Å²) in [5.41, 5.74) is 3.83. The van der Waals surface area contributed by atoms with Gasteiger partial charge in [0.2, 0.25) is 0 Å². The van der Waals surface area contributed by atoms with Gasteiger partial charge in [0.05, 0.1) is 11.2 Å². The quantitative estimate of drug-likeness (QED) is 0.746. The van der Waals surface area contributed by atoms with Crippen LogP contribution in [0.15, 0.2) is 18.2 Å². The molecule has 0 saturated heterocycles. The Morgan fingerprint density at radius 3 is 2.31 bits per heavy atom. The van der Waals surface area contributed by atoms with E-state index in [1.165, 1.54) is 22.2 Å². The summed E-state index contributed by atoms with van der Waals surface area (Å²) in [7, 11) is 2.02. The van der Waals surface area contributed by atoms with Crippen LogP contribution >= 0.6 is 0 Å². The van der Waals surface area contributed by atoms with Crippen molar-refractivity contribution < 1.29 is 0 Å². The molecule has 2 rings (SSSR count). The van der Waals surface area contributed by atoms with Gasteiger partial charge in [-0.3, -0.25) is 4.68 Å². The molecule has 0 radical (unpaired) electrons. The first-order valence-electron chi connectivity index (χ1n) is 5.97. The van der Waals surface area contributed by atoms with Crippen molar-refractivity contribution in [2.75, 3.05) is 0 Å². The standard InChI is InChI=1S/C14H20N2/c1-9(2)11-6-7-13-12(8-11)14(10(3)4)15-16(13)5/h6-10H,1-5H3. The van der Waals surface area contributed by atoms with Gasteiger partial charge in [0.25, 0.3) is 0 Å². The minimum atomic E-state index is 0.478. The summed E-state index contributed by atoms with van der Waals surface area (Å²) in [6.07, 6.45) is 0. The van der Waals surface area contributed by atoms with Gasteiger partial charge in [0, 0.05) is 12.4 Å². The number of aryl methyl sites for hydroxylation is 1. The molecule has 16 heavy (non-hydrogen) atoms. The van der Waals surface area contributed by atoms with E-state index in [1.807, 2.05) is 11.7 Å². The molecular weight excluding hydrogens is 196 g/mol. The third kappa shape index (κ3) is 1.73. The fraction of sp³-hybridized carbons (Fsp3) is 0.500. The first-order valence-corrected chi connectivity index (χ1v) is 5.97. The smallest absolute Gasteiger partial charge is 0.0728 e. The molecule has 2 heteroatoms. The Morgan fingerprint density at radius 1 is 1.06 bits per heavy atom. The maximum Gasteiger partial charge on any atom is 0.0728 e. The fourth-order valence-electron chi connectivity index (χ4n) is 2.10. The lowest BCUT2D eigenvalue weighted by atomic mass is 9.99. The summed E-state index contributed by atoms with van der Waals surface area (Å²) in [6, 6.07) is 6.69. The zero-order valence-corrected chi connectivity index (χ0v) is 10.8. The molecule has 86 valence electrons. The average molecular weight is 216 g/mol. The zero-order valence-electron chi connectivity index (χ0n) is 10.8. The second-order valence-electron chi connectivity index (χ2n) is 5.09.